The summed E-state index contributed by atoms with van der Waals surface area (Å²) in [6.45, 7) is 0.162. The minimum absolute atomic E-state index is 0.0339. The van der Waals surface area contributed by atoms with Gasteiger partial charge in [0.25, 0.3) is 0 Å². The summed E-state index contributed by atoms with van der Waals surface area (Å²) in [5, 5.41) is 0. The monoisotopic (exact) mass is 259 g/mol. The van der Waals surface area contributed by atoms with Crippen molar-refractivity contribution in [1.29, 1.82) is 0 Å². The van der Waals surface area contributed by atoms with E-state index in [2.05, 4.69) is 4.18 Å². The molecule has 1 heterocycles. The third-order valence-electron chi connectivity index (χ3n) is 1.85. The molecule has 1 aliphatic heterocycles. The molecular formula is C7H8F3NO4S. The molecule has 0 aromatic carbocycles. The molecular weight excluding hydrogens is 251 g/mol. The summed E-state index contributed by atoms with van der Waals surface area (Å²) in [4.78, 5) is 11.5. The van der Waals surface area contributed by atoms with E-state index in [0.29, 0.717) is 6.41 Å². The van der Waals surface area contributed by atoms with E-state index in [1.807, 2.05) is 0 Å². The van der Waals surface area contributed by atoms with Crippen LogP contribution in [0.2, 0.25) is 0 Å². The molecule has 1 amide bonds. The Morgan fingerprint density at radius 3 is 2.44 bits per heavy atom. The highest BCUT2D eigenvalue weighted by Gasteiger charge is 2.48. The molecule has 0 fully saturated rings. The van der Waals surface area contributed by atoms with Crippen LogP contribution in [0.3, 0.4) is 0 Å². The smallest absolute Gasteiger partial charge is 0.381 e. The Labute approximate surface area is 89.6 Å². The van der Waals surface area contributed by atoms with E-state index >= 15 is 0 Å². The van der Waals surface area contributed by atoms with E-state index in [1.165, 1.54) is 4.90 Å². The molecule has 0 unspecified atom stereocenters. The van der Waals surface area contributed by atoms with Crippen LogP contribution < -0.4 is 0 Å². The normalized spacial score (nSPS) is 17.9. The number of halogens is 3. The Bertz CT molecular complexity index is 400. The van der Waals surface area contributed by atoms with E-state index < -0.39 is 15.6 Å². The maximum Gasteiger partial charge on any atom is 0.534 e. The van der Waals surface area contributed by atoms with Crippen molar-refractivity contribution in [2.75, 3.05) is 13.1 Å². The van der Waals surface area contributed by atoms with Gasteiger partial charge >= 0.3 is 15.6 Å². The molecule has 0 aliphatic carbocycles. The maximum absolute atomic E-state index is 11.9. The summed E-state index contributed by atoms with van der Waals surface area (Å²) in [6, 6.07) is 0. The van der Waals surface area contributed by atoms with Gasteiger partial charge in [0.05, 0.1) is 0 Å². The average molecular weight is 259 g/mol. The van der Waals surface area contributed by atoms with E-state index in [9.17, 15) is 26.4 Å². The Hall–Kier alpha value is -1.25. The van der Waals surface area contributed by atoms with Crippen LogP contribution in [0.4, 0.5) is 13.2 Å². The SMILES string of the molecule is O=CN1CC=C(OS(=O)(=O)C(F)(F)F)CC1. The minimum atomic E-state index is -5.60. The Morgan fingerprint density at radius 1 is 1.44 bits per heavy atom. The molecule has 9 heteroatoms. The van der Waals surface area contributed by atoms with Crippen molar-refractivity contribution >= 4 is 16.5 Å². The molecule has 0 aromatic rings. The van der Waals surface area contributed by atoms with Crippen LogP contribution in [0.1, 0.15) is 6.42 Å². The number of rotatable bonds is 3. The summed E-state index contributed by atoms with van der Waals surface area (Å²) in [5.41, 5.74) is -5.43. The van der Waals surface area contributed by atoms with Gasteiger partial charge < -0.3 is 9.08 Å². The second kappa shape index (κ2) is 4.32. The standard InChI is InChI=1S/C7H8F3NO4S/c8-7(9,10)16(13,14)15-6-1-3-11(5-12)4-2-6/h1,5H,2-4H2. The van der Waals surface area contributed by atoms with Gasteiger partial charge in [0.2, 0.25) is 6.41 Å². The highest BCUT2D eigenvalue weighted by Crippen LogP contribution is 2.27. The highest BCUT2D eigenvalue weighted by atomic mass is 32.2. The fraction of sp³-hybridized carbons (Fsp3) is 0.571. The lowest BCUT2D eigenvalue weighted by atomic mass is 10.2. The molecule has 0 atom stereocenters. The predicted octanol–water partition coefficient (Wildman–Crippen LogP) is 0.599. The molecule has 1 aliphatic rings. The molecule has 0 bridgehead atoms. The molecule has 1 rings (SSSR count). The molecule has 0 spiro atoms. The van der Waals surface area contributed by atoms with Crippen molar-refractivity contribution < 1.29 is 30.6 Å². The lowest BCUT2D eigenvalue weighted by Gasteiger charge is -2.22. The van der Waals surface area contributed by atoms with Crippen LogP contribution in [0, 0.1) is 0 Å². The average Bonchev–Trinajstić information content (AvgIpc) is 2.16. The van der Waals surface area contributed by atoms with Gasteiger partial charge in [-0.05, 0) is 6.08 Å². The van der Waals surface area contributed by atoms with Gasteiger partial charge in [-0.25, -0.2) is 0 Å². The quantitative estimate of drug-likeness (QED) is 0.423. The van der Waals surface area contributed by atoms with Crippen molar-refractivity contribution in [3.63, 3.8) is 0 Å². The minimum Gasteiger partial charge on any atom is -0.381 e. The lowest BCUT2D eigenvalue weighted by Crippen LogP contribution is -2.30. The third-order valence-corrected chi connectivity index (χ3v) is 2.85. The Morgan fingerprint density at radius 2 is 2.06 bits per heavy atom. The number of amides is 1. The van der Waals surface area contributed by atoms with E-state index in [4.69, 9.17) is 0 Å². The van der Waals surface area contributed by atoms with Crippen LogP contribution >= 0.6 is 0 Å². The first-order chi connectivity index (χ1) is 7.26. The van der Waals surface area contributed by atoms with Crippen molar-refractivity contribution in [1.82, 2.24) is 4.90 Å². The van der Waals surface area contributed by atoms with Gasteiger partial charge in [0, 0.05) is 19.5 Å². The topological polar surface area (TPSA) is 63.7 Å². The van der Waals surface area contributed by atoms with E-state index in [-0.39, 0.29) is 25.3 Å². The lowest BCUT2D eigenvalue weighted by molar-refractivity contribution is -0.117. The Balaban J connectivity index is 2.71. The van der Waals surface area contributed by atoms with Crippen LogP contribution in [0.25, 0.3) is 0 Å². The van der Waals surface area contributed by atoms with Gasteiger partial charge in [-0.1, -0.05) is 0 Å². The molecule has 0 aromatic heterocycles. The first-order valence-corrected chi connectivity index (χ1v) is 5.56. The van der Waals surface area contributed by atoms with Gasteiger partial charge in [-0.2, -0.15) is 21.6 Å². The number of alkyl halides is 3. The first-order valence-electron chi connectivity index (χ1n) is 4.15. The summed E-state index contributed by atoms with van der Waals surface area (Å²) < 4.78 is 60.9. The second-order valence-corrected chi connectivity index (χ2v) is 4.54. The van der Waals surface area contributed by atoms with Gasteiger partial charge in [-0.3, -0.25) is 4.79 Å². The summed E-state index contributed by atoms with van der Waals surface area (Å²) in [6.07, 6.45) is 1.58. The molecule has 5 nitrogen and oxygen atoms in total. The van der Waals surface area contributed by atoms with Crippen molar-refractivity contribution in [2.45, 2.75) is 11.9 Å². The fourth-order valence-electron chi connectivity index (χ4n) is 1.03. The van der Waals surface area contributed by atoms with Crippen LogP contribution in [0.5, 0.6) is 0 Å². The number of carbonyl (C=O) groups is 1. The molecule has 0 radical (unpaired) electrons. The number of nitrogens with zero attached hydrogens (tertiary/aromatic N) is 1. The molecule has 0 saturated carbocycles. The van der Waals surface area contributed by atoms with E-state index in [0.717, 1.165) is 6.08 Å². The zero-order chi connectivity index (χ0) is 12.4. The third kappa shape index (κ3) is 2.87. The molecule has 0 saturated heterocycles. The number of hydrogen-bond donors (Lipinski definition) is 0. The van der Waals surface area contributed by atoms with Gasteiger partial charge in [-0.15, -0.1) is 0 Å². The van der Waals surface area contributed by atoms with Crippen LogP contribution in [-0.2, 0) is 19.1 Å². The molecule has 0 N–H and O–H groups in total. The van der Waals surface area contributed by atoms with Crippen molar-refractivity contribution in [2.24, 2.45) is 0 Å². The summed E-state index contributed by atoms with van der Waals surface area (Å²) in [7, 11) is -5.60. The van der Waals surface area contributed by atoms with Crippen LogP contribution in [0.15, 0.2) is 11.8 Å². The molecule has 16 heavy (non-hydrogen) atoms. The van der Waals surface area contributed by atoms with Crippen molar-refractivity contribution in [3.05, 3.63) is 11.8 Å². The van der Waals surface area contributed by atoms with Gasteiger partial charge in [0.1, 0.15) is 5.76 Å². The molecule has 92 valence electrons. The number of hydrogen-bond acceptors (Lipinski definition) is 4. The summed E-state index contributed by atoms with van der Waals surface area (Å²) >= 11 is 0. The largest absolute Gasteiger partial charge is 0.534 e. The summed E-state index contributed by atoms with van der Waals surface area (Å²) in [5.74, 6) is -0.296. The zero-order valence-electron chi connectivity index (χ0n) is 7.90. The number of carbonyl (C=O) groups excluding carboxylic acids is 1. The second-order valence-electron chi connectivity index (χ2n) is 3.00. The first kappa shape index (κ1) is 12.8. The zero-order valence-corrected chi connectivity index (χ0v) is 8.71. The highest BCUT2D eigenvalue weighted by molar-refractivity contribution is 7.87. The van der Waals surface area contributed by atoms with Crippen molar-refractivity contribution in [3.8, 4) is 0 Å². The van der Waals surface area contributed by atoms with Crippen LogP contribution in [-0.4, -0.2) is 38.3 Å². The fourth-order valence-corrected chi connectivity index (χ4v) is 1.55. The maximum atomic E-state index is 11.9. The van der Waals surface area contributed by atoms with Gasteiger partial charge in [0.15, 0.2) is 0 Å². The predicted molar refractivity (Wildman–Crippen MR) is 46.4 cm³/mol. The Kier molecular flexibility index (Phi) is 3.46. The van der Waals surface area contributed by atoms with E-state index in [1.54, 1.807) is 0 Å².